The van der Waals surface area contributed by atoms with Crippen molar-refractivity contribution in [3.8, 4) is 18.1 Å². The lowest BCUT2D eigenvalue weighted by Gasteiger charge is -2.16. The van der Waals surface area contributed by atoms with Gasteiger partial charge in [0, 0.05) is 0 Å². The quantitative estimate of drug-likeness (QED) is 0.520. The largest absolute Gasteiger partial charge is 0.508 e. The fourth-order valence-electron chi connectivity index (χ4n) is 1.79. The molecule has 5 nitrogen and oxygen atoms in total. The van der Waals surface area contributed by atoms with Gasteiger partial charge in [0.05, 0.1) is 11.1 Å². The number of rotatable bonds is 5. The van der Waals surface area contributed by atoms with E-state index >= 15 is 0 Å². The summed E-state index contributed by atoms with van der Waals surface area (Å²) in [5, 5.41) is 13.2. The van der Waals surface area contributed by atoms with E-state index in [9.17, 15) is 13.5 Å². The molecule has 0 radical (unpaired) electrons. The maximum absolute atomic E-state index is 12.6. The maximum Gasteiger partial charge on any atom is 0.279 e. The van der Waals surface area contributed by atoms with E-state index in [0.29, 0.717) is 5.56 Å². The average Bonchev–Trinajstić information content (AvgIpc) is 2.53. The number of aryl methyl sites for hydroxylation is 1. The van der Waals surface area contributed by atoms with Gasteiger partial charge in [0.2, 0.25) is 0 Å². The number of phenols is 1. The van der Waals surface area contributed by atoms with Crippen molar-refractivity contribution in [2.75, 3.05) is 6.54 Å². The average molecular weight is 328 g/mol. The Hall–Kier alpha value is -2.78. The van der Waals surface area contributed by atoms with E-state index < -0.39 is 10.0 Å². The SMILES string of the molecule is C#CCN(/N=C/c1ccc(O)cc1)S(=O)(=O)c1ccc(C)cc1. The molecule has 0 aliphatic heterocycles. The fourth-order valence-corrected chi connectivity index (χ4v) is 2.93. The molecule has 0 unspecified atom stereocenters. The van der Waals surface area contributed by atoms with E-state index in [-0.39, 0.29) is 17.2 Å². The number of sulfonamides is 1. The lowest BCUT2D eigenvalue weighted by molar-refractivity contribution is 0.468. The molecule has 0 bridgehead atoms. The molecular weight excluding hydrogens is 312 g/mol. The van der Waals surface area contributed by atoms with Crippen LogP contribution in [0.4, 0.5) is 0 Å². The fraction of sp³-hybridized carbons (Fsp3) is 0.118. The molecule has 2 rings (SSSR count). The molecular formula is C17H16N2O3S. The van der Waals surface area contributed by atoms with Gasteiger partial charge in [-0.3, -0.25) is 0 Å². The lowest BCUT2D eigenvalue weighted by atomic mass is 10.2. The third-order valence-electron chi connectivity index (χ3n) is 3.05. The Morgan fingerprint density at radius 3 is 2.35 bits per heavy atom. The third-order valence-corrected chi connectivity index (χ3v) is 4.70. The Morgan fingerprint density at radius 2 is 1.78 bits per heavy atom. The van der Waals surface area contributed by atoms with E-state index in [1.54, 1.807) is 24.3 Å². The summed E-state index contributed by atoms with van der Waals surface area (Å²) in [5.41, 5.74) is 1.60. The topological polar surface area (TPSA) is 70.0 Å². The normalized spacial score (nSPS) is 11.3. The van der Waals surface area contributed by atoms with Crippen LogP contribution in [-0.4, -0.2) is 30.7 Å². The van der Waals surface area contributed by atoms with E-state index in [1.165, 1.54) is 30.5 Å². The second-order valence-corrected chi connectivity index (χ2v) is 6.68. The predicted octanol–water partition coefficient (Wildman–Crippen LogP) is 2.36. The molecule has 0 saturated heterocycles. The Kier molecular flexibility index (Phi) is 5.04. The molecule has 6 heteroatoms. The predicted molar refractivity (Wildman–Crippen MR) is 89.6 cm³/mol. The number of hydrazone groups is 1. The number of benzene rings is 2. The monoisotopic (exact) mass is 328 g/mol. The first-order chi connectivity index (χ1) is 10.9. The molecule has 2 aromatic rings. The van der Waals surface area contributed by atoms with Gasteiger partial charge in [-0.25, -0.2) is 0 Å². The molecule has 118 valence electrons. The van der Waals surface area contributed by atoms with Crippen molar-refractivity contribution in [3.05, 3.63) is 59.7 Å². The van der Waals surface area contributed by atoms with E-state index in [2.05, 4.69) is 11.0 Å². The maximum atomic E-state index is 12.6. The van der Waals surface area contributed by atoms with Crippen LogP contribution in [0.1, 0.15) is 11.1 Å². The highest BCUT2D eigenvalue weighted by molar-refractivity contribution is 7.89. The molecule has 0 spiro atoms. The van der Waals surface area contributed by atoms with Crippen LogP contribution in [-0.2, 0) is 10.0 Å². The molecule has 0 saturated carbocycles. The Balaban J connectivity index is 2.31. The van der Waals surface area contributed by atoms with Gasteiger partial charge in [-0.1, -0.05) is 23.6 Å². The van der Waals surface area contributed by atoms with Crippen LogP contribution in [0.25, 0.3) is 0 Å². The standard InChI is InChI=1S/C17H16N2O3S/c1-3-12-19(18-13-15-6-8-16(20)9-7-15)23(21,22)17-10-4-14(2)5-11-17/h1,4-11,13,20H,12H2,2H3/b18-13+. The minimum Gasteiger partial charge on any atom is -0.508 e. The van der Waals surface area contributed by atoms with Crippen molar-refractivity contribution in [2.24, 2.45) is 5.10 Å². The van der Waals surface area contributed by atoms with Gasteiger partial charge in [0.15, 0.2) is 0 Å². The zero-order valence-corrected chi connectivity index (χ0v) is 13.4. The zero-order chi connectivity index (χ0) is 16.9. The Morgan fingerprint density at radius 1 is 1.17 bits per heavy atom. The molecule has 0 aliphatic rings. The summed E-state index contributed by atoms with van der Waals surface area (Å²) in [6.45, 7) is 1.70. The first-order valence-electron chi connectivity index (χ1n) is 6.79. The van der Waals surface area contributed by atoms with Crippen LogP contribution in [0.15, 0.2) is 58.5 Å². The summed E-state index contributed by atoms with van der Waals surface area (Å²) in [7, 11) is -3.81. The lowest BCUT2D eigenvalue weighted by Crippen LogP contribution is -2.26. The number of terminal acetylenes is 1. The van der Waals surface area contributed by atoms with Gasteiger partial charge in [-0.2, -0.15) is 17.9 Å². The molecule has 0 aromatic heterocycles. The zero-order valence-electron chi connectivity index (χ0n) is 12.5. The van der Waals surface area contributed by atoms with Crippen molar-refractivity contribution < 1.29 is 13.5 Å². The van der Waals surface area contributed by atoms with Crippen molar-refractivity contribution >= 4 is 16.2 Å². The number of hydrogen-bond acceptors (Lipinski definition) is 4. The van der Waals surface area contributed by atoms with Gasteiger partial charge in [0.1, 0.15) is 12.3 Å². The highest BCUT2D eigenvalue weighted by Gasteiger charge is 2.21. The van der Waals surface area contributed by atoms with Crippen molar-refractivity contribution in [3.63, 3.8) is 0 Å². The summed E-state index contributed by atoms with van der Waals surface area (Å²) in [6.07, 6.45) is 6.63. The van der Waals surface area contributed by atoms with Crippen LogP contribution in [0.2, 0.25) is 0 Å². The van der Waals surface area contributed by atoms with Gasteiger partial charge in [-0.15, -0.1) is 6.42 Å². The number of nitrogens with zero attached hydrogens (tertiary/aromatic N) is 2. The molecule has 2 aromatic carbocycles. The van der Waals surface area contributed by atoms with Gasteiger partial charge in [0.25, 0.3) is 10.0 Å². The van der Waals surface area contributed by atoms with Gasteiger partial charge < -0.3 is 5.11 Å². The van der Waals surface area contributed by atoms with Gasteiger partial charge >= 0.3 is 0 Å². The molecule has 1 N–H and O–H groups in total. The molecule has 23 heavy (non-hydrogen) atoms. The third kappa shape index (κ3) is 4.11. The summed E-state index contributed by atoms with van der Waals surface area (Å²) in [6, 6.07) is 12.7. The van der Waals surface area contributed by atoms with Crippen LogP contribution in [0, 0.1) is 19.3 Å². The summed E-state index contributed by atoms with van der Waals surface area (Å²) in [4.78, 5) is 0.126. The summed E-state index contributed by atoms with van der Waals surface area (Å²) in [5.74, 6) is 2.41. The molecule has 0 aliphatic carbocycles. The second kappa shape index (κ2) is 6.99. The number of aromatic hydroxyl groups is 1. The van der Waals surface area contributed by atoms with Gasteiger partial charge in [-0.05, 0) is 48.9 Å². The van der Waals surface area contributed by atoms with E-state index in [1.807, 2.05) is 6.92 Å². The van der Waals surface area contributed by atoms with Crippen LogP contribution < -0.4 is 0 Å². The smallest absolute Gasteiger partial charge is 0.279 e. The molecule has 0 fully saturated rings. The number of phenolic OH excluding ortho intramolecular Hbond substituents is 1. The van der Waals surface area contributed by atoms with Crippen LogP contribution in [0.5, 0.6) is 5.75 Å². The molecule has 0 amide bonds. The Bertz CT molecular complexity index is 833. The highest BCUT2D eigenvalue weighted by atomic mass is 32.2. The van der Waals surface area contributed by atoms with Crippen molar-refractivity contribution in [1.29, 1.82) is 0 Å². The van der Waals surface area contributed by atoms with Crippen molar-refractivity contribution in [2.45, 2.75) is 11.8 Å². The molecule has 0 heterocycles. The number of hydrogen-bond donors (Lipinski definition) is 1. The summed E-state index contributed by atoms with van der Waals surface area (Å²) < 4.78 is 26.0. The molecule has 0 atom stereocenters. The first kappa shape index (κ1) is 16.6. The minimum absolute atomic E-state index is 0.120. The van der Waals surface area contributed by atoms with Crippen LogP contribution in [0.3, 0.4) is 0 Å². The first-order valence-corrected chi connectivity index (χ1v) is 8.23. The minimum atomic E-state index is -3.81. The second-order valence-electron chi connectivity index (χ2n) is 4.84. The van der Waals surface area contributed by atoms with E-state index in [4.69, 9.17) is 6.42 Å². The summed E-state index contributed by atoms with van der Waals surface area (Å²) >= 11 is 0. The van der Waals surface area contributed by atoms with Crippen molar-refractivity contribution in [1.82, 2.24) is 4.41 Å². The van der Waals surface area contributed by atoms with Crippen LogP contribution >= 0.6 is 0 Å². The Labute approximate surface area is 135 Å². The van der Waals surface area contributed by atoms with E-state index in [0.717, 1.165) is 9.98 Å². The highest BCUT2D eigenvalue weighted by Crippen LogP contribution is 2.17.